The Bertz CT molecular complexity index is 670. The second kappa shape index (κ2) is 8.08. The van der Waals surface area contributed by atoms with E-state index in [0.717, 1.165) is 11.3 Å². The van der Waals surface area contributed by atoms with Crippen molar-refractivity contribution in [1.29, 1.82) is 0 Å². The first-order chi connectivity index (χ1) is 11.2. The lowest BCUT2D eigenvalue weighted by Gasteiger charge is -2.12. The number of carbonyl (C=O) groups is 1. The zero-order chi connectivity index (χ0) is 16.7. The molecule has 0 atom stereocenters. The summed E-state index contributed by atoms with van der Waals surface area (Å²) in [5.41, 5.74) is 1.44. The molecule has 122 valence electrons. The van der Waals surface area contributed by atoms with Crippen molar-refractivity contribution in [1.82, 2.24) is 5.32 Å². The van der Waals surface area contributed by atoms with E-state index < -0.39 is 0 Å². The van der Waals surface area contributed by atoms with E-state index in [-0.39, 0.29) is 5.91 Å². The third-order valence-electron chi connectivity index (χ3n) is 3.36. The molecule has 0 spiro atoms. The van der Waals surface area contributed by atoms with Crippen LogP contribution in [0, 0.1) is 0 Å². The zero-order valence-electron chi connectivity index (χ0n) is 13.6. The Balaban J connectivity index is 2.10. The molecule has 2 aromatic rings. The van der Waals surface area contributed by atoms with Gasteiger partial charge in [0, 0.05) is 17.7 Å². The number of hydrogen-bond acceptors (Lipinski definition) is 4. The van der Waals surface area contributed by atoms with Gasteiger partial charge in [0.25, 0.3) is 5.91 Å². The fourth-order valence-electron chi connectivity index (χ4n) is 2.21. The molecule has 2 rings (SSSR count). The van der Waals surface area contributed by atoms with Gasteiger partial charge in [-0.25, -0.2) is 0 Å². The summed E-state index contributed by atoms with van der Waals surface area (Å²) >= 11 is 0. The number of para-hydroxylation sites is 1. The van der Waals surface area contributed by atoms with E-state index in [2.05, 4.69) is 5.32 Å². The summed E-state index contributed by atoms with van der Waals surface area (Å²) in [4.78, 5) is 12.3. The van der Waals surface area contributed by atoms with Gasteiger partial charge in [-0.3, -0.25) is 4.79 Å². The normalized spacial score (nSPS) is 10.0. The maximum atomic E-state index is 12.3. The number of amides is 1. The van der Waals surface area contributed by atoms with Crippen molar-refractivity contribution in [2.75, 3.05) is 20.8 Å². The average Bonchev–Trinajstić information content (AvgIpc) is 2.60. The molecule has 23 heavy (non-hydrogen) atoms. The largest absolute Gasteiger partial charge is 0.496 e. The molecule has 1 N–H and O–H groups in total. The Morgan fingerprint density at radius 3 is 2.43 bits per heavy atom. The number of ether oxygens (including phenoxy) is 3. The Hall–Kier alpha value is -2.69. The highest BCUT2D eigenvalue weighted by Crippen LogP contribution is 2.28. The van der Waals surface area contributed by atoms with Crippen LogP contribution in [0.2, 0.25) is 0 Å². The molecule has 5 nitrogen and oxygen atoms in total. The van der Waals surface area contributed by atoms with Gasteiger partial charge in [0.1, 0.15) is 5.75 Å². The molecule has 0 radical (unpaired) electrons. The van der Waals surface area contributed by atoms with Crippen LogP contribution in [-0.2, 0) is 6.54 Å². The molecular weight excluding hydrogens is 294 g/mol. The van der Waals surface area contributed by atoms with E-state index in [1.54, 1.807) is 32.4 Å². The Morgan fingerprint density at radius 2 is 1.74 bits per heavy atom. The average molecular weight is 315 g/mol. The molecule has 0 aliphatic rings. The van der Waals surface area contributed by atoms with Crippen LogP contribution in [0.25, 0.3) is 0 Å². The lowest BCUT2D eigenvalue weighted by Crippen LogP contribution is -2.23. The summed E-state index contributed by atoms with van der Waals surface area (Å²) in [6, 6.07) is 12.7. The fourth-order valence-corrected chi connectivity index (χ4v) is 2.21. The summed E-state index contributed by atoms with van der Waals surface area (Å²) in [5, 5.41) is 2.88. The molecule has 0 aliphatic heterocycles. The van der Waals surface area contributed by atoms with Crippen LogP contribution in [0.15, 0.2) is 42.5 Å². The van der Waals surface area contributed by atoms with Crippen molar-refractivity contribution >= 4 is 5.91 Å². The second-order valence-corrected chi connectivity index (χ2v) is 4.79. The van der Waals surface area contributed by atoms with Gasteiger partial charge in [0.15, 0.2) is 11.5 Å². The molecule has 0 bridgehead atoms. The predicted octanol–water partition coefficient (Wildman–Crippen LogP) is 3.03. The van der Waals surface area contributed by atoms with Crippen molar-refractivity contribution in [3.05, 3.63) is 53.6 Å². The molecule has 5 heteroatoms. The van der Waals surface area contributed by atoms with Crippen molar-refractivity contribution in [2.45, 2.75) is 13.5 Å². The minimum atomic E-state index is -0.181. The van der Waals surface area contributed by atoms with Crippen molar-refractivity contribution in [2.24, 2.45) is 0 Å². The minimum Gasteiger partial charge on any atom is -0.496 e. The number of benzene rings is 2. The molecule has 0 fully saturated rings. The van der Waals surface area contributed by atoms with E-state index in [9.17, 15) is 4.79 Å². The molecule has 0 saturated heterocycles. The Kier molecular flexibility index (Phi) is 5.86. The van der Waals surface area contributed by atoms with Gasteiger partial charge in [-0.05, 0) is 31.2 Å². The second-order valence-electron chi connectivity index (χ2n) is 4.79. The van der Waals surface area contributed by atoms with Gasteiger partial charge in [0.2, 0.25) is 0 Å². The molecular formula is C18H21NO4. The summed E-state index contributed by atoms with van der Waals surface area (Å²) in [6.07, 6.45) is 0. The van der Waals surface area contributed by atoms with Crippen LogP contribution in [0.1, 0.15) is 22.8 Å². The quantitative estimate of drug-likeness (QED) is 0.853. The van der Waals surface area contributed by atoms with Gasteiger partial charge >= 0.3 is 0 Å². The van der Waals surface area contributed by atoms with E-state index in [0.29, 0.717) is 30.2 Å². The summed E-state index contributed by atoms with van der Waals surface area (Å²) < 4.78 is 16.0. The number of nitrogens with one attached hydrogen (secondary N) is 1. The van der Waals surface area contributed by atoms with Crippen LogP contribution in [0.5, 0.6) is 17.2 Å². The van der Waals surface area contributed by atoms with Crippen LogP contribution in [-0.4, -0.2) is 26.7 Å². The van der Waals surface area contributed by atoms with Gasteiger partial charge in [-0.15, -0.1) is 0 Å². The first-order valence-corrected chi connectivity index (χ1v) is 7.40. The molecule has 2 aromatic carbocycles. The van der Waals surface area contributed by atoms with E-state index >= 15 is 0 Å². The fraction of sp³-hybridized carbons (Fsp3) is 0.278. The van der Waals surface area contributed by atoms with Crippen LogP contribution in [0.4, 0.5) is 0 Å². The van der Waals surface area contributed by atoms with Gasteiger partial charge in [-0.1, -0.05) is 18.2 Å². The summed E-state index contributed by atoms with van der Waals surface area (Å²) in [6.45, 7) is 2.77. The first-order valence-electron chi connectivity index (χ1n) is 7.40. The number of rotatable bonds is 7. The maximum Gasteiger partial charge on any atom is 0.251 e. The predicted molar refractivity (Wildman–Crippen MR) is 88.3 cm³/mol. The summed E-state index contributed by atoms with van der Waals surface area (Å²) in [5.74, 6) is 1.73. The van der Waals surface area contributed by atoms with Gasteiger partial charge < -0.3 is 19.5 Å². The number of carbonyl (C=O) groups excluding carboxylic acids is 1. The zero-order valence-corrected chi connectivity index (χ0v) is 13.6. The third kappa shape index (κ3) is 4.16. The molecule has 0 aliphatic carbocycles. The van der Waals surface area contributed by atoms with E-state index in [1.165, 1.54) is 0 Å². The van der Waals surface area contributed by atoms with Crippen LogP contribution < -0.4 is 19.5 Å². The SMILES string of the molecule is CCOc1cc(C(=O)NCc2ccccc2OC)ccc1OC. The maximum absolute atomic E-state index is 12.3. The van der Waals surface area contributed by atoms with Gasteiger partial charge in [0.05, 0.1) is 20.8 Å². The monoisotopic (exact) mass is 315 g/mol. The van der Waals surface area contributed by atoms with E-state index in [1.807, 2.05) is 31.2 Å². The highest BCUT2D eigenvalue weighted by Gasteiger charge is 2.11. The third-order valence-corrected chi connectivity index (χ3v) is 3.36. The molecule has 0 aromatic heterocycles. The first kappa shape index (κ1) is 16.7. The van der Waals surface area contributed by atoms with Crippen molar-refractivity contribution < 1.29 is 19.0 Å². The Morgan fingerprint density at radius 1 is 1.00 bits per heavy atom. The standard InChI is InChI=1S/C18H21NO4/c1-4-23-17-11-13(9-10-16(17)22-3)18(20)19-12-14-7-5-6-8-15(14)21-2/h5-11H,4,12H2,1-3H3,(H,19,20). The molecule has 0 unspecified atom stereocenters. The highest BCUT2D eigenvalue weighted by atomic mass is 16.5. The number of hydrogen-bond donors (Lipinski definition) is 1. The molecule has 0 saturated carbocycles. The highest BCUT2D eigenvalue weighted by molar-refractivity contribution is 5.94. The lowest BCUT2D eigenvalue weighted by atomic mass is 10.1. The molecule has 1 amide bonds. The smallest absolute Gasteiger partial charge is 0.251 e. The van der Waals surface area contributed by atoms with Crippen molar-refractivity contribution in [3.63, 3.8) is 0 Å². The Labute approximate surface area is 136 Å². The minimum absolute atomic E-state index is 0.181. The van der Waals surface area contributed by atoms with Crippen LogP contribution >= 0.6 is 0 Å². The lowest BCUT2D eigenvalue weighted by molar-refractivity contribution is 0.0950. The van der Waals surface area contributed by atoms with Crippen LogP contribution in [0.3, 0.4) is 0 Å². The van der Waals surface area contributed by atoms with Gasteiger partial charge in [-0.2, -0.15) is 0 Å². The number of methoxy groups -OCH3 is 2. The van der Waals surface area contributed by atoms with Crippen molar-refractivity contribution in [3.8, 4) is 17.2 Å². The summed E-state index contributed by atoms with van der Waals surface area (Å²) in [7, 11) is 3.18. The van der Waals surface area contributed by atoms with E-state index in [4.69, 9.17) is 14.2 Å². The molecule has 0 heterocycles. The topological polar surface area (TPSA) is 56.8 Å².